The summed E-state index contributed by atoms with van der Waals surface area (Å²) in [5.41, 5.74) is 1.38. The lowest BCUT2D eigenvalue weighted by Crippen LogP contribution is -2.30. The molecule has 6 nitrogen and oxygen atoms in total. The van der Waals surface area contributed by atoms with Crippen molar-refractivity contribution in [3.63, 3.8) is 0 Å². The number of hydrogen-bond acceptors (Lipinski definition) is 3. The predicted octanol–water partition coefficient (Wildman–Crippen LogP) is 2.56. The van der Waals surface area contributed by atoms with Crippen molar-refractivity contribution in [1.29, 1.82) is 0 Å². The molecule has 0 saturated heterocycles. The Balaban J connectivity index is 1.86. The molecule has 1 unspecified atom stereocenters. The molecule has 26 heavy (non-hydrogen) atoms. The lowest BCUT2D eigenvalue weighted by Gasteiger charge is -2.12. The summed E-state index contributed by atoms with van der Waals surface area (Å²) >= 11 is 0. The number of fused-ring (bicyclic) bond motifs is 1. The molecule has 1 atom stereocenters. The lowest BCUT2D eigenvalue weighted by atomic mass is 9.98. The van der Waals surface area contributed by atoms with E-state index in [-0.39, 0.29) is 12.3 Å². The van der Waals surface area contributed by atoms with Gasteiger partial charge in [-0.1, -0.05) is 56.3 Å². The van der Waals surface area contributed by atoms with Gasteiger partial charge in [0, 0.05) is 0 Å². The quantitative estimate of drug-likeness (QED) is 0.730. The molecule has 1 aliphatic heterocycles. The normalized spacial score (nSPS) is 16.3. The fourth-order valence-corrected chi connectivity index (χ4v) is 3.45. The van der Waals surface area contributed by atoms with Gasteiger partial charge in [0.05, 0.1) is 18.2 Å². The molecule has 0 amide bonds. The fraction of sp³-hybridized carbons (Fsp3) is 0.250. The van der Waals surface area contributed by atoms with Crippen LogP contribution in [0.3, 0.4) is 0 Å². The first-order chi connectivity index (χ1) is 12.5. The predicted molar refractivity (Wildman–Crippen MR) is 98.2 cm³/mol. The fourth-order valence-electron chi connectivity index (χ4n) is 3.45. The van der Waals surface area contributed by atoms with Crippen LogP contribution in [0.25, 0.3) is 5.69 Å². The van der Waals surface area contributed by atoms with Crippen molar-refractivity contribution in [2.24, 2.45) is 0 Å². The Hall–Kier alpha value is -3.15. The average Bonchev–Trinajstić information content (AvgIpc) is 3.12. The highest BCUT2D eigenvalue weighted by Gasteiger charge is 2.35. The van der Waals surface area contributed by atoms with Gasteiger partial charge in [-0.15, -0.1) is 0 Å². The van der Waals surface area contributed by atoms with E-state index >= 15 is 0 Å². The molecule has 0 saturated carbocycles. The highest BCUT2D eigenvalue weighted by atomic mass is 16.2. The minimum absolute atomic E-state index is 0.112. The van der Waals surface area contributed by atoms with Crippen molar-refractivity contribution in [2.45, 2.75) is 32.2 Å². The number of rotatable bonds is 3. The molecule has 4 rings (SSSR count). The highest BCUT2D eigenvalue weighted by Crippen LogP contribution is 2.27. The third kappa shape index (κ3) is 2.37. The number of aromatic nitrogens is 3. The number of hydrogen-bond donors (Lipinski definition) is 0. The summed E-state index contributed by atoms with van der Waals surface area (Å²) in [6, 6.07) is 16.1. The third-order valence-corrected chi connectivity index (χ3v) is 4.88. The summed E-state index contributed by atoms with van der Waals surface area (Å²) in [6.07, 6.45) is 0.112. The Morgan fingerprint density at radius 3 is 2.15 bits per heavy atom. The summed E-state index contributed by atoms with van der Waals surface area (Å²) in [4.78, 5) is 38.1. The zero-order valence-electron chi connectivity index (χ0n) is 14.6. The molecule has 1 aliphatic rings. The van der Waals surface area contributed by atoms with Gasteiger partial charge in [0.1, 0.15) is 0 Å². The summed E-state index contributed by atoms with van der Waals surface area (Å²) in [5.74, 6) is 0.0362. The van der Waals surface area contributed by atoms with Crippen LogP contribution in [0.1, 0.15) is 48.1 Å². The number of para-hydroxylation sites is 1. The number of carbonyl (C=O) groups is 1. The molecule has 6 heteroatoms. The van der Waals surface area contributed by atoms with Crippen LogP contribution in [0.15, 0.2) is 64.2 Å². The Bertz CT molecular complexity index is 1090. The summed E-state index contributed by atoms with van der Waals surface area (Å²) in [5, 5.41) is 0. The minimum atomic E-state index is -0.618. The smallest absolute Gasteiger partial charge is 0.272 e. The van der Waals surface area contributed by atoms with Gasteiger partial charge in [-0.25, -0.2) is 18.8 Å². The van der Waals surface area contributed by atoms with Crippen molar-refractivity contribution >= 4 is 5.91 Å². The second-order valence-corrected chi connectivity index (χ2v) is 6.83. The van der Waals surface area contributed by atoms with Crippen LogP contribution in [-0.4, -0.2) is 19.8 Å². The number of nitrogens with zero attached hydrogens (tertiary/aromatic N) is 3. The topological polar surface area (TPSA) is 66.0 Å². The van der Waals surface area contributed by atoms with Crippen LogP contribution in [0.4, 0.5) is 0 Å². The maximum absolute atomic E-state index is 12.9. The average molecular weight is 349 g/mol. The van der Waals surface area contributed by atoms with Gasteiger partial charge in [-0.3, -0.25) is 4.79 Å². The maximum atomic E-state index is 12.9. The molecule has 2 aromatic carbocycles. The van der Waals surface area contributed by atoms with Gasteiger partial charge < -0.3 is 0 Å². The van der Waals surface area contributed by atoms with E-state index < -0.39 is 17.4 Å². The Kier molecular flexibility index (Phi) is 3.76. The first-order valence-electron chi connectivity index (χ1n) is 8.64. The van der Waals surface area contributed by atoms with Gasteiger partial charge in [-0.05, 0) is 29.2 Å². The molecule has 3 aromatic rings. The second kappa shape index (κ2) is 5.98. The zero-order valence-corrected chi connectivity index (χ0v) is 14.6. The van der Waals surface area contributed by atoms with Crippen LogP contribution < -0.4 is 11.4 Å². The van der Waals surface area contributed by atoms with Crippen LogP contribution in [0, 0.1) is 0 Å². The van der Waals surface area contributed by atoms with E-state index in [9.17, 15) is 14.4 Å². The van der Waals surface area contributed by atoms with Gasteiger partial charge in [0.15, 0.2) is 0 Å². The Morgan fingerprint density at radius 1 is 0.885 bits per heavy atom. The molecule has 0 radical (unpaired) electrons. The van der Waals surface area contributed by atoms with Crippen LogP contribution in [0.2, 0.25) is 0 Å². The first kappa shape index (κ1) is 16.3. The maximum Gasteiger partial charge on any atom is 0.359 e. The van der Waals surface area contributed by atoms with E-state index in [4.69, 9.17) is 0 Å². The molecule has 132 valence electrons. The van der Waals surface area contributed by atoms with Crippen molar-refractivity contribution < 1.29 is 4.79 Å². The van der Waals surface area contributed by atoms with Crippen LogP contribution in [0.5, 0.6) is 0 Å². The van der Waals surface area contributed by atoms with E-state index in [0.29, 0.717) is 11.6 Å². The Labute approximate surface area is 149 Å². The summed E-state index contributed by atoms with van der Waals surface area (Å²) in [6.45, 7) is 4.21. The largest absolute Gasteiger partial charge is 0.359 e. The van der Waals surface area contributed by atoms with Crippen molar-refractivity contribution in [3.05, 3.63) is 86.7 Å². The van der Waals surface area contributed by atoms with Crippen LogP contribution in [-0.2, 0) is 0 Å². The van der Waals surface area contributed by atoms with E-state index in [1.807, 2.05) is 24.3 Å². The molecule has 2 heterocycles. The third-order valence-electron chi connectivity index (χ3n) is 4.88. The van der Waals surface area contributed by atoms with Crippen molar-refractivity contribution in [1.82, 2.24) is 13.9 Å². The number of benzene rings is 2. The van der Waals surface area contributed by atoms with Crippen molar-refractivity contribution in [2.75, 3.05) is 0 Å². The molecular weight excluding hydrogens is 330 g/mol. The molecular formula is C20H19N3O3. The first-order valence-corrected chi connectivity index (χ1v) is 8.64. The van der Waals surface area contributed by atoms with Gasteiger partial charge in [0.2, 0.25) is 0 Å². The SMILES string of the molecule is CC(C)c1ccc(C2CC(=O)n3c(=O)n(-c4ccccc4)c(=O)n32)cc1. The Morgan fingerprint density at radius 2 is 1.54 bits per heavy atom. The zero-order chi connectivity index (χ0) is 18.4. The molecule has 0 fully saturated rings. The van der Waals surface area contributed by atoms with Gasteiger partial charge in [0.25, 0.3) is 5.91 Å². The lowest BCUT2D eigenvalue weighted by molar-refractivity contribution is 0.0910. The minimum Gasteiger partial charge on any atom is -0.272 e. The van der Waals surface area contributed by atoms with Gasteiger partial charge in [-0.2, -0.15) is 4.68 Å². The highest BCUT2D eigenvalue weighted by molar-refractivity contribution is 5.80. The second-order valence-electron chi connectivity index (χ2n) is 6.83. The van der Waals surface area contributed by atoms with E-state index in [2.05, 4.69) is 13.8 Å². The molecule has 1 aromatic heterocycles. The molecule has 0 N–H and O–H groups in total. The van der Waals surface area contributed by atoms with E-state index in [1.165, 1.54) is 10.2 Å². The standard InChI is InChI=1S/C20H19N3O3/c1-13(2)14-8-10-15(11-9-14)17-12-18(24)23-20(26)21(19(25)22(17)23)16-6-4-3-5-7-16/h3-11,13,17H,12H2,1-2H3. The van der Waals surface area contributed by atoms with Crippen LogP contribution >= 0.6 is 0 Å². The molecule has 0 bridgehead atoms. The number of carbonyl (C=O) groups excluding carboxylic acids is 1. The van der Waals surface area contributed by atoms with Crippen molar-refractivity contribution in [3.8, 4) is 5.69 Å². The van der Waals surface area contributed by atoms with E-state index in [1.54, 1.807) is 30.3 Å². The van der Waals surface area contributed by atoms with E-state index in [0.717, 1.165) is 14.8 Å². The summed E-state index contributed by atoms with van der Waals surface area (Å²) in [7, 11) is 0. The van der Waals surface area contributed by atoms with Gasteiger partial charge >= 0.3 is 11.4 Å². The molecule has 0 spiro atoms. The molecule has 0 aliphatic carbocycles. The summed E-state index contributed by atoms with van der Waals surface area (Å²) < 4.78 is 3.30. The monoisotopic (exact) mass is 349 g/mol.